The first-order chi connectivity index (χ1) is 9.97. The van der Waals surface area contributed by atoms with Crippen molar-refractivity contribution < 1.29 is 14.0 Å². The first kappa shape index (κ1) is 13.6. The Bertz CT molecular complexity index is 776. The SMILES string of the molecule is Nc1ccc2c(c1)C(=O)N(Cc1cc(Cl)ccc1F)C2=O. The van der Waals surface area contributed by atoms with Crippen molar-refractivity contribution in [1.82, 2.24) is 4.90 Å². The molecule has 21 heavy (non-hydrogen) atoms. The summed E-state index contributed by atoms with van der Waals surface area (Å²) in [4.78, 5) is 25.5. The number of hydrogen-bond donors (Lipinski definition) is 1. The molecule has 0 saturated carbocycles. The van der Waals surface area contributed by atoms with Crippen LogP contribution < -0.4 is 5.73 Å². The molecule has 0 bridgehead atoms. The number of anilines is 1. The summed E-state index contributed by atoms with van der Waals surface area (Å²) in [5.74, 6) is -1.47. The van der Waals surface area contributed by atoms with Crippen LogP contribution in [-0.4, -0.2) is 16.7 Å². The maximum absolute atomic E-state index is 13.7. The van der Waals surface area contributed by atoms with Crippen LogP contribution in [0.2, 0.25) is 5.02 Å². The fraction of sp³-hybridized carbons (Fsp3) is 0.0667. The quantitative estimate of drug-likeness (QED) is 0.685. The molecule has 0 atom stereocenters. The first-order valence-electron chi connectivity index (χ1n) is 6.17. The number of imide groups is 1. The van der Waals surface area contributed by atoms with Gasteiger partial charge in [-0.15, -0.1) is 0 Å². The highest BCUT2D eigenvalue weighted by Gasteiger charge is 2.35. The van der Waals surface area contributed by atoms with Crippen LogP contribution in [0.1, 0.15) is 26.3 Å². The van der Waals surface area contributed by atoms with E-state index < -0.39 is 17.6 Å². The molecule has 0 aliphatic carbocycles. The van der Waals surface area contributed by atoms with Crippen LogP contribution in [0.4, 0.5) is 10.1 Å². The van der Waals surface area contributed by atoms with Gasteiger partial charge in [0.2, 0.25) is 0 Å². The van der Waals surface area contributed by atoms with E-state index in [4.69, 9.17) is 17.3 Å². The van der Waals surface area contributed by atoms with Crippen molar-refractivity contribution >= 4 is 29.1 Å². The average molecular weight is 305 g/mol. The van der Waals surface area contributed by atoms with Crippen molar-refractivity contribution in [2.45, 2.75) is 6.54 Å². The van der Waals surface area contributed by atoms with Crippen LogP contribution in [0.3, 0.4) is 0 Å². The highest BCUT2D eigenvalue weighted by Crippen LogP contribution is 2.27. The number of nitrogens with zero attached hydrogens (tertiary/aromatic N) is 1. The minimum atomic E-state index is -0.518. The van der Waals surface area contributed by atoms with Crippen molar-refractivity contribution in [3.8, 4) is 0 Å². The summed E-state index contributed by atoms with van der Waals surface area (Å²) >= 11 is 5.81. The second kappa shape index (κ2) is 4.86. The van der Waals surface area contributed by atoms with Gasteiger partial charge in [-0.2, -0.15) is 0 Å². The van der Waals surface area contributed by atoms with Crippen molar-refractivity contribution in [2.24, 2.45) is 0 Å². The summed E-state index contributed by atoms with van der Waals surface area (Å²) in [6.45, 7) is -0.168. The minimum absolute atomic E-state index is 0.168. The summed E-state index contributed by atoms with van der Waals surface area (Å²) in [7, 11) is 0. The number of carbonyl (C=O) groups excluding carboxylic acids is 2. The molecule has 0 saturated heterocycles. The fourth-order valence-corrected chi connectivity index (χ4v) is 2.48. The Hall–Kier alpha value is -2.40. The number of nitrogens with two attached hydrogens (primary N) is 1. The molecule has 0 unspecified atom stereocenters. The second-order valence-electron chi connectivity index (χ2n) is 4.74. The smallest absolute Gasteiger partial charge is 0.261 e. The Morgan fingerprint density at radius 1 is 1.05 bits per heavy atom. The number of hydrogen-bond acceptors (Lipinski definition) is 3. The number of fused-ring (bicyclic) bond motifs is 1. The van der Waals surface area contributed by atoms with Crippen molar-refractivity contribution in [1.29, 1.82) is 0 Å². The number of nitrogen functional groups attached to an aromatic ring is 1. The summed E-state index contributed by atoms with van der Waals surface area (Å²) in [6, 6.07) is 8.50. The predicted octanol–water partition coefficient (Wildman–Crippen LogP) is 2.86. The summed E-state index contributed by atoms with van der Waals surface area (Å²) < 4.78 is 13.7. The van der Waals surface area contributed by atoms with Gasteiger partial charge >= 0.3 is 0 Å². The fourth-order valence-electron chi connectivity index (χ4n) is 2.29. The van der Waals surface area contributed by atoms with Crippen LogP contribution in [0.5, 0.6) is 0 Å². The first-order valence-corrected chi connectivity index (χ1v) is 6.55. The molecule has 2 N–H and O–H groups in total. The van der Waals surface area contributed by atoms with E-state index in [0.717, 1.165) is 4.90 Å². The van der Waals surface area contributed by atoms with E-state index in [1.54, 1.807) is 6.07 Å². The standard InChI is InChI=1S/C15H10ClFN2O2/c16-9-1-4-13(17)8(5-9)7-19-14(20)11-3-2-10(18)6-12(11)15(19)21/h1-6H,7,18H2. The summed E-state index contributed by atoms with van der Waals surface area (Å²) in [6.07, 6.45) is 0. The molecule has 1 aliphatic heterocycles. The van der Waals surface area contributed by atoms with E-state index in [2.05, 4.69) is 0 Å². The topological polar surface area (TPSA) is 63.4 Å². The van der Waals surface area contributed by atoms with E-state index in [-0.39, 0.29) is 23.2 Å². The Morgan fingerprint density at radius 2 is 1.76 bits per heavy atom. The van der Waals surface area contributed by atoms with Crippen LogP contribution in [0.15, 0.2) is 36.4 Å². The van der Waals surface area contributed by atoms with Gasteiger partial charge in [0, 0.05) is 16.3 Å². The Labute approximate surface area is 124 Å². The van der Waals surface area contributed by atoms with Gasteiger partial charge in [0.1, 0.15) is 5.82 Å². The molecule has 2 aromatic rings. The normalized spacial score (nSPS) is 13.7. The Balaban J connectivity index is 1.97. The van der Waals surface area contributed by atoms with Crippen molar-refractivity contribution in [3.05, 3.63) is 63.9 Å². The van der Waals surface area contributed by atoms with Gasteiger partial charge in [-0.25, -0.2) is 4.39 Å². The van der Waals surface area contributed by atoms with E-state index in [0.29, 0.717) is 10.7 Å². The maximum atomic E-state index is 13.7. The number of halogens is 2. The molecule has 6 heteroatoms. The predicted molar refractivity (Wildman–Crippen MR) is 76.5 cm³/mol. The van der Waals surface area contributed by atoms with E-state index in [1.165, 1.54) is 30.3 Å². The van der Waals surface area contributed by atoms with Gasteiger partial charge in [-0.3, -0.25) is 14.5 Å². The highest BCUT2D eigenvalue weighted by molar-refractivity contribution is 6.30. The van der Waals surface area contributed by atoms with Gasteiger partial charge in [0.15, 0.2) is 0 Å². The van der Waals surface area contributed by atoms with Gasteiger partial charge < -0.3 is 5.73 Å². The molecule has 106 valence electrons. The molecule has 0 radical (unpaired) electrons. The Morgan fingerprint density at radius 3 is 2.52 bits per heavy atom. The van der Waals surface area contributed by atoms with Gasteiger partial charge in [-0.1, -0.05) is 11.6 Å². The Kier molecular flexibility index (Phi) is 3.14. The number of benzene rings is 2. The van der Waals surface area contributed by atoms with Crippen molar-refractivity contribution in [3.63, 3.8) is 0 Å². The summed E-state index contributed by atoms with van der Waals surface area (Å²) in [5, 5.41) is 0.340. The molecule has 0 spiro atoms. The lowest BCUT2D eigenvalue weighted by atomic mass is 10.1. The third-order valence-electron chi connectivity index (χ3n) is 3.33. The van der Waals surface area contributed by atoms with E-state index in [9.17, 15) is 14.0 Å². The van der Waals surface area contributed by atoms with Gasteiger partial charge in [0.05, 0.1) is 17.7 Å². The van der Waals surface area contributed by atoms with E-state index in [1.807, 2.05) is 0 Å². The van der Waals surface area contributed by atoms with Crippen LogP contribution in [0.25, 0.3) is 0 Å². The van der Waals surface area contributed by atoms with Crippen molar-refractivity contribution in [2.75, 3.05) is 5.73 Å². The molecule has 0 fully saturated rings. The highest BCUT2D eigenvalue weighted by atomic mass is 35.5. The zero-order valence-electron chi connectivity index (χ0n) is 10.8. The molecule has 1 aliphatic rings. The molecule has 3 rings (SSSR count). The van der Waals surface area contributed by atoms with Gasteiger partial charge in [0.25, 0.3) is 11.8 Å². The number of rotatable bonds is 2. The lowest BCUT2D eigenvalue weighted by molar-refractivity contribution is 0.0641. The van der Waals surface area contributed by atoms with Crippen LogP contribution in [0, 0.1) is 5.82 Å². The average Bonchev–Trinajstić information content (AvgIpc) is 2.67. The maximum Gasteiger partial charge on any atom is 0.261 e. The van der Waals surface area contributed by atoms with Crippen LogP contribution in [-0.2, 0) is 6.54 Å². The molecular formula is C15H10ClFN2O2. The molecule has 1 heterocycles. The van der Waals surface area contributed by atoms with Gasteiger partial charge in [-0.05, 0) is 36.4 Å². The third-order valence-corrected chi connectivity index (χ3v) is 3.57. The second-order valence-corrected chi connectivity index (χ2v) is 5.17. The lowest BCUT2D eigenvalue weighted by Crippen LogP contribution is -2.29. The molecule has 0 aromatic heterocycles. The van der Waals surface area contributed by atoms with E-state index >= 15 is 0 Å². The number of carbonyl (C=O) groups is 2. The third kappa shape index (κ3) is 2.25. The zero-order valence-corrected chi connectivity index (χ0v) is 11.5. The lowest BCUT2D eigenvalue weighted by Gasteiger charge is -2.14. The number of amides is 2. The van der Waals surface area contributed by atoms with Crippen LogP contribution >= 0.6 is 11.6 Å². The minimum Gasteiger partial charge on any atom is -0.399 e. The molecule has 2 amide bonds. The summed E-state index contributed by atoms with van der Waals surface area (Å²) in [5.41, 5.74) is 6.71. The molecule has 2 aromatic carbocycles. The molecule has 4 nitrogen and oxygen atoms in total. The monoisotopic (exact) mass is 304 g/mol. The largest absolute Gasteiger partial charge is 0.399 e. The molecular weight excluding hydrogens is 295 g/mol. The zero-order chi connectivity index (χ0) is 15.1.